The number of anilines is 2. The number of amides is 1. The summed E-state index contributed by atoms with van der Waals surface area (Å²) in [6.45, 7) is -0.178. The highest BCUT2D eigenvalue weighted by molar-refractivity contribution is 7.89. The molecule has 4 N–H and O–H groups in total. The first-order chi connectivity index (χ1) is 11.6. The predicted molar refractivity (Wildman–Crippen MR) is 86.4 cm³/mol. The molecule has 10 heteroatoms. The van der Waals surface area contributed by atoms with Crippen LogP contribution in [0.15, 0.2) is 53.4 Å². The molecule has 2 aromatic rings. The first-order valence-corrected chi connectivity index (χ1v) is 8.45. The smallest absolute Gasteiger partial charge is 0.376 e. The van der Waals surface area contributed by atoms with Crippen LogP contribution in [0.1, 0.15) is 5.56 Å². The molecular formula is C15H14F3N3O3S. The summed E-state index contributed by atoms with van der Waals surface area (Å²) in [5.41, 5.74) is -0.971. The van der Waals surface area contributed by atoms with E-state index in [-0.39, 0.29) is 12.2 Å². The lowest BCUT2D eigenvalue weighted by molar-refractivity contribution is -0.139. The fourth-order valence-corrected chi connectivity index (χ4v) is 2.76. The average Bonchev–Trinajstić information content (AvgIpc) is 2.52. The number of nitrogens with one attached hydrogen (secondary N) is 2. The maximum Gasteiger partial charge on any atom is 0.417 e. The molecule has 0 bridgehead atoms. The normalized spacial score (nSPS) is 11.8. The standard InChI is InChI=1S/C15H14F3N3O3S/c16-15(17,18)12-8-11(6-7-13(12)25(19,23)24)21-14(22)9-20-10-4-2-1-3-5-10/h1-8,20H,9H2,(H,21,22)(H2,19,23,24). The summed E-state index contributed by atoms with van der Waals surface area (Å²) in [5, 5.41) is 9.85. The van der Waals surface area contributed by atoms with E-state index >= 15 is 0 Å². The molecule has 0 aromatic heterocycles. The van der Waals surface area contributed by atoms with Gasteiger partial charge in [-0.15, -0.1) is 0 Å². The molecule has 134 valence electrons. The fourth-order valence-electron chi connectivity index (χ4n) is 2.02. The van der Waals surface area contributed by atoms with Crippen LogP contribution < -0.4 is 15.8 Å². The van der Waals surface area contributed by atoms with Gasteiger partial charge in [-0.3, -0.25) is 4.79 Å². The Labute approximate surface area is 141 Å². The average molecular weight is 373 g/mol. The molecule has 0 saturated heterocycles. The van der Waals surface area contributed by atoms with Crippen LogP contribution in [-0.4, -0.2) is 20.9 Å². The number of carbonyl (C=O) groups is 1. The lowest BCUT2D eigenvalue weighted by Crippen LogP contribution is -2.23. The van der Waals surface area contributed by atoms with Gasteiger partial charge in [0.05, 0.1) is 17.0 Å². The molecule has 0 aliphatic carbocycles. The Kier molecular flexibility index (Phi) is 5.33. The van der Waals surface area contributed by atoms with Crippen LogP contribution in [0, 0.1) is 0 Å². The van der Waals surface area contributed by atoms with Crippen LogP contribution in [0.4, 0.5) is 24.5 Å². The van der Waals surface area contributed by atoms with Gasteiger partial charge in [-0.25, -0.2) is 13.6 Å². The molecule has 0 atom stereocenters. The Bertz CT molecular complexity index is 869. The molecule has 0 aliphatic heterocycles. The summed E-state index contributed by atoms with van der Waals surface area (Å²) < 4.78 is 61.6. The van der Waals surface area contributed by atoms with Crippen molar-refractivity contribution in [2.24, 2.45) is 5.14 Å². The van der Waals surface area contributed by atoms with Crippen LogP contribution in [-0.2, 0) is 21.0 Å². The van der Waals surface area contributed by atoms with E-state index in [4.69, 9.17) is 5.14 Å². The Balaban J connectivity index is 2.16. The first kappa shape index (κ1) is 18.7. The lowest BCUT2D eigenvalue weighted by atomic mass is 10.2. The molecule has 0 aliphatic rings. The fraction of sp³-hybridized carbons (Fsp3) is 0.133. The number of para-hydroxylation sites is 1. The van der Waals surface area contributed by atoms with E-state index in [1.807, 2.05) is 0 Å². The number of rotatable bonds is 5. The van der Waals surface area contributed by atoms with Crippen molar-refractivity contribution in [2.45, 2.75) is 11.1 Å². The van der Waals surface area contributed by atoms with Crippen LogP contribution >= 0.6 is 0 Å². The van der Waals surface area contributed by atoms with Crippen molar-refractivity contribution in [1.82, 2.24) is 0 Å². The van der Waals surface area contributed by atoms with E-state index < -0.39 is 32.6 Å². The summed E-state index contributed by atoms with van der Waals surface area (Å²) in [7, 11) is -4.55. The van der Waals surface area contributed by atoms with Gasteiger partial charge in [0.15, 0.2) is 0 Å². The van der Waals surface area contributed by atoms with Gasteiger partial charge >= 0.3 is 6.18 Å². The summed E-state index contributed by atoms with van der Waals surface area (Å²) in [6, 6.07) is 11.0. The molecule has 2 aromatic carbocycles. The predicted octanol–water partition coefficient (Wildman–Crippen LogP) is 2.40. The number of carbonyl (C=O) groups excluding carboxylic acids is 1. The summed E-state index contributed by atoms with van der Waals surface area (Å²) in [6.07, 6.45) is -4.94. The van der Waals surface area contributed by atoms with Crippen molar-refractivity contribution in [3.63, 3.8) is 0 Å². The van der Waals surface area contributed by atoms with E-state index in [1.165, 1.54) is 0 Å². The van der Waals surface area contributed by atoms with Crippen LogP contribution in [0.2, 0.25) is 0 Å². The highest BCUT2D eigenvalue weighted by atomic mass is 32.2. The number of halogens is 3. The van der Waals surface area contributed by atoms with Gasteiger partial charge in [0.25, 0.3) is 0 Å². The Morgan fingerprint density at radius 3 is 2.24 bits per heavy atom. The van der Waals surface area contributed by atoms with Gasteiger partial charge in [-0.1, -0.05) is 18.2 Å². The van der Waals surface area contributed by atoms with Crippen LogP contribution in [0.5, 0.6) is 0 Å². The van der Waals surface area contributed by atoms with E-state index in [1.54, 1.807) is 30.3 Å². The van der Waals surface area contributed by atoms with E-state index in [2.05, 4.69) is 10.6 Å². The Morgan fingerprint density at radius 2 is 1.68 bits per heavy atom. The molecule has 2 rings (SSSR count). The minimum Gasteiger partial charge on any atom is -0.376 e. The SMILES string of the molecule is NS(=O)(=O)c1ccc(NC(=O)CNc2ccccc2)cc1C(F)(F)F. The van der Waals surface area contributed by atoms with Gasteiger partial charge in [0.1, 0.15) is 0 Å². The lowest BCUT2D eigenvalue weighted by Gasteiger charge is -2.14. The van der Waals surface area contributed by atoms with Gasteiger partial charge in [-0.05, 0) is 30.3 Å². The highest BCUT2D eigenvalue weighted by Gasteiger charge is 2.36. The third kappa shape index (κ3) is 5.19. The van der Waals surface area contributed by atoms with E-state index in [9.17, 15) is 26.4 Å². The van der Waals surface area contributed by atoms with E-state index in [0.29, 0.717) is 17.8 Å². The van der Waals surface area contributed by atoms with Crippen LogP contribution in [0.3, 0.4) is 0 Å². The zero-order valence-corrected chi connectivity index (χ0v) is 13.5. The number of nitrogens with two attached hydrogens (primary N) is 1. The van der Waals surface area contributed by atoms with Gasteiger partial charge in [0, 0.05) is 11.4 Å². The third-order valence-electron chi connectivity index (χ3n) is 3.10. The monoisotopic (exact) mass is 373 g/mol. The topological polar surface area (TPSA) is 101 Å². The molecule has 0 heterocycles. The summed E-state index contributed by atoms with van der Waals surface area (Å²) in [5.74, 6) is -0.597. The Morgan fingerprint density at radius 1 is 1.04 bits per heavy atom. The second-order valence-electron chi connectivity index (χ2n) is 5.02. The van der Waals surface area contributed by atoms with Crippen molar-refractivity contribution in [3.8, 4) is 0 Å². The molecule has 0 saturated carbocycles. The largest absolute Gasteiger partial charge is 0.417 e. The molecular weight excluding hydrogens is 359 g/mol. The number of primary sulfonamides is 1. The zero-order valence-electron chi connectivity index (χ0n) is 12.7. The molecule has 1 amide bonds. The Hall–Kier alpha value is -2.59. The molecule has 0 spiro atoms. The number of hydrogen-bond acceptors (Lipinski definition) is 4. The quantitative estimate of drug-likeness (QED) is 0.749. The van der Waals surface area contributed by atoms with E-state index in [0.717, 1.165) is 6.07 Å². The second kappa shape index (κ2) is 7.11. The minimum absolute atomic E-state index is 0.178. The number of benzene rings is 2. The molecule has 0 fully saturated rings. The first-order valence-electron chi connectivity index (χ1n) is 6.90. The summed E-state index contributed by atoms with van der Waals surface area (Å²) >= 11 is 0. The van der Waals surface area contributed by atoms with Crippen molar-refractivity contribution in [3.05, 3.63) is 54.1 Å². The maximum atomic E-state index is 13.0. The van der Waals surface area contributed by atoms with Crippen molar-refractivity contribution >= 4 is 27.3 Å². The van der Waals surface area contributed by atoms with Crippen molar-refractivity contribution < 1.29 is 26.4 Å². The minimum atomic E-state index is -4.94. The molecule has 6 nitrogen and oxygen atoms in total. The van der Waals surface area contributed by atoms with Gasteiger partial charge in [0.2, 0.25) is 15.9 Å². The highest BCUT2D eigenvalue weighted by Crippen LogP contribution is 2.35. The molecule has 0 radical (unpaired) electrons. The number of sulfonamides is 1. The van der Waals surface area contributed by atoms with Crippen molar-refractivity contribution in [1.29, 1.82) is 0 Å². The molecule has 25 heavy (non-hydrogen) atoms. The third-order valence-corrected chi connectivity index (χ3v) is 4.07. The second-order valence-corrected chi connectivity index (χ2v) is 6.55. The van der Waals surface area contributed by atoms with Crippen molar-refractivity contribution in [2.75, 3.05) is 17.2 Å². The molecule has 0 unspecified atom stereocenters. The number of alkyl halides is 3. The van der Waals surface area contributed by atoms with Gasteiger partial charge < -0.3 is 10.6 Å². The van der Waals surface area contributed by atoms with Gasteiger partial charge in [-0.2, -0.15) is 13.2 Å². The summed E-state index contributed by atoms with van der Waals surface area (Å²) in [4.78, 5) is 10.8. The number of hydrogen-bond donors (Lipinski definition) is 3. The maximum absolute atomic E-state index is 13.0. The zero-order chi connectivity index (χ0) is 18.7. The van der Waals surface area contributed by atoms with Crippen LogP contribution in [0.25, 0.3) is 0 Å².